The first-order chi connectivity index (χ1) is 11.3. The molecule has 1 heterocycles. The zero-order chi connectivity index (χ0) is 17.7. The largest absolute Gasteiger partial charge is 0.334 e. The quantitative estimate of drug-likeness (QED) is 0.831. The van der Waals surface area contributed by atoms with E-state index < -0.39 is 10.0 Å². The Morgan fingerprint density at radius 3 is 2.71 bits per heavy atom. The number of carbonyl (C=O) groups excluding carboxylic acids is 2. The second-order valence-corrected chi connectivity index (χ2v) is 7.86. The van der Waals surface area contributed by atoms with E-state index in [1.54, 1.807) is 29.2 Å². The maximum absolute atomic E-state index is 12.8. The fourth-order valence-electron chi connectivity index (χ4n) is 2.83. The molecule has 1 saturated heterocycles. The zero-order valence-corrected chi connectivity index (χ0v) is 14.7. The Bertz CT molecular complexity index is 718. The molecule has 2 N–H and O–H groups in total. The van der Waals surface area contributed by atoms with E-state index in [0.717, 1.165) is 25.5 Å². The number of sulfonamides is 1. The van der Waals surface area contributed by atoms with Crippen molar-refractivity contribution in [1.82, 2.24) is 9.62 Å². The molecule has 1 atom stereocenters. The minimum atomic E-state index is -3.29. The Balaban J connectivity index is 2.14. The lowest BCUT2D eigenvalue weighted by molar-refractivity contribution is -0.114. The van der Waals surface area contributed by atoms with Crippen molar-refractivity contribution in [2.45, 2.75) is 32.2 Å². The van der Waals surface area contributed by atoms with Crippen molar-refractivity contribution < 1.29 is 18.0 Å². The SMILES string of the molecule is CC(=O)Nc1cccc(C(=O)N2CCCCC2CNS(C)(=O)=O)c1. The van der Waals surface area contributed by atoms with Gasteiger partial charge in [-0.1, -0.05) is 6.07 Å². The molecule has 1 fully saturated rings. The van der Waals surface area contributed by atoms with Gasteiger partial charge in [0, 0.05) is 37.3 Å². The van der Waals surface area contributed by atoms with Crippen LogP contribution in [0.2, 0.25) is 0 Å². The lowest BCUT2D eigenvalue weighted by Crippen LogP contribution is -2.49. The van der Waals surface area contributed by atoms with Gasteiger partial charge in [-0.05, 0) is 37.5 Å². The average Bonchev–Trinajstić information content (AvgIpc) is 2.51. The molecule has 7 nitrogen and oxygen atoms in total. The molecule has 24 heavy (non-hydrogen) atoms. The number of anilines is 1. The van der Waals surface area contributed by atoms with Crippen LogP contribution in [0.3, 0.4) is 0 Å². The Kier molecular flexibility index (Phi) is 5.95. The Morgan fingerprint density at radius 1 is 1.29 bits per heavy atom. The van der Waals surface area contributed by atoms with Crippen LogP contribution in [0.15, 0.2) is 24.3 Å². The van der Waals surface area contributed by atoms with Crippen molar-refractivity contribution in [3.8, 4) is 0 Å². The highest BCUT2D eigenvalue weighted by Gasteiger charge is 2.28. The molecule has 2 amide bonds. The number of amides is 2. The molecule has 1 aliphatic heterocycles. The number of hydrogen-bond donors (Lipinski definition) is 2. The van der Waals surface area contributed by atoms with Crippen molar-refractivity contribution in [3.63, 3.8) is 0 Å². The van der Waals surface area contributed by atoms with Crippen LogP contribution in [0.4, 0.5) is 5.69 Å². The smallest absolute Gasteiger partial charge is 0.254 e. The van der Waals surface area contributed by atoms with Crippen molar-refractivity contribution >= 4 is 27.5 Å². The summed E-state index contributed by atoms with van der Waals surface area (Å²) in [6.45, 7) is 2.22. The van der Waals surface area contributed by atoms with Gasteiger partial charge < -0.3 is 10.2 Å². The van der Waals surface area contributed by atoms with Crippen molar-refractivity contribution in [2.24, 2.45) is 0 Å². The van der Waals surface area contributed by atoms with Gasteiger partial charge in [-0.15, -0.1) is 0 Å². The summed E-state index contributed by atoms with van der Waals surface area (Å²) in [5, 5.41) is 2.66. The highest BCUT2D eigenvalue weighted by Crippen LogP contribution is 2.21. The predicted molar refractivity (Wildman–Crippen MR) is 92.3 cm³/mol. The number of likely N-dealkylation sites (tertiary alicyclic amines) is 1. The molecule has 1 aliphatic rings. The van der Waals surface area contributed by atoms with Gasteiger partial charge in [-0.25, -0.2) is 13.1 Å². The first-order valence-corrected chi connectivity index (χ1v) is 9.78. The summed E-state index contributed by atoms with van der Waals surface area (Å²) in [7, 11) is -3.29. The van der Waals surface area contributed by atoms with Crippen LogP contribution in [-0.2, 0) is 14.8 Å². The van der Waals surface area contributed by atoms with E-state index in [1.165, 1.54) is 6.92 Å². The first kappa shape index (κ1) is 18.4. The molecule has 0 radical (unpaired) electrons. The van der Waals surface area contributed by atoms with Gasteiger partial charge in [0.25, 0.3) is 5.91 Å². The number of benzene rings is 1. The van der Waals surface area contributed by atoms with Gasteiger partial charge in [0.1, 0.15) is 0 Å². The van der Waals surface area contributed by atoms with Crippen molar-refractivity contribution in [1.29, 1.82) is 0 Å². The third-order valence-corrected chi connectivity index (χ3v) is 4.59. The van der Waals surface area contributed by atoms with Gasteiger partial charge in [0.2, 0.25) is 15.9 Å². The number of rotatable bonds is 5. The van der Waals surface area contributed by atoms with E-state index in [-0.39, 0.29) is 24.4 Å². The van der Waals surface area contributed by atoms with E-state index in [2.05, 4.69) is 10.0 Å². The summed E-state index contributed by atoms with van der Waals surface area (Å²) < 4.78 is 25.1. The summed E-state index contributed by atoms with van der Waals surface area (Å²) in [5.74, 6) is -0.352. The Hall–Kier alpha value is -1.93. The molecule has 0 saturated carbocycles. The van der Waals surface area contributed by atoms with Gasteiger partial charge >= 0.3 is 0 Å². The summed E-state index contributed by atoms with van der Waals surface area (Å²) in [6, 6.07) is 6.61. The minimum Gasteiger partial charge on any atom is -0.334 e. The van der Waals surface area contributed by atoms with Gasteiger partial charge in [-0.3, -0.25) is 9.59 Å². The standard InChI is InChI=1S/C16H23N3O4S/c1-12(20)18-14-7-5-6-13(10-14)16(21)19-9-4-3-8-15(19)11-17-24(2,22)23/h5-7,10,15,17H,3-4,8-9,11H2,1-2H3,(H,18,20). The van der Waals surface area contributed by atoms with Gasteiger partial charge in [0.05, 0.1) is 6.26 Å². The lowest BCUT2D eigenvalue weighted by atomic mass is 10.0. The number of nitrogens with one attached hydrogen (secondary N) is 2. The second-order valence-electron chi connectivity index (χ2n) is 6.03. The van der Waals surface area contributed by atoms with E-state index >= 15 is 0 Å². The molecule has 132 valence electrons. The third-order valence-electron chi connectivity index (χ3n) is 3.90. The van der Waals surface area contributed by atoms with E-state index in [0.29, 0.717) is 17.8 Å². The molecular formula is C16H23N3O4S. The molecule has 2 rings (SSSR count). The van der Waals surface area contributed by atoms with Crippen LogP contribution >= 0.6 is 0 Å². The minimum absolute atomic E-state index is 0.151. The predicted octanol–water partition coefficient (Wildman–Crippen LogP) is 1.19. The zero-order valence-electron chi connectivity index (χ0n) is 13.9. The highest BCUT2D eigenvalue weighted by atomic mass is 32.2. The summed E-state index contributed by atoms with van der Waals surface area (Å²) in [4.78, 5) is 25.7. The molecule has 1 aromatic carbocycles. The Labute approximate surface area is 142 Å². The molecule has 1 unspecified atom stereocenters. The highest BCUT2D eigenvalue weighted by molar-refractivity contribution is 7.88. The van der Waals surface area contributed by atoms with E-state index in [4.69, 9.17) is 0 Å². The van der Waals surface area contributed by atoms with Crippen LogP contribution in [-0.4, -0.2) is 50.5 Å². The van der Waals surface area contributed by atoms with Gasteiger partial charge in [0.15, 0.2) is 0 Å². The molecule has 8 heteroatoms. The van der Waals surface area contributed by atoms with Crippen molar-refractivity contribution in [3.05, 3.63) is 29.8 Å². The average molecular weight is 353 g/mol. The summed E-state index contributed by atoms with van der Waals surface area (Å²) in [5.41, 5.74) is 1.05. The fraction of sp³-hybridized carbons (Fsp3) is 0.500. The number of carbonyl (C=O) groups is 2. The van der Waals surface area contributed by atoms with Crippen molar-refractivity contribution in [2.75, 3.05) is 24.7 Å². The number of hydrogen-bond acceptors (Lipinski definition) is 4. The summed E-state index contributed by atoms with van der Waals surface area (Å²) >= 11 is 0. The molecule has 0 aromatic heterocycles. The van der Waals surface area contributed by atoms with Crippen LogP contribution in [0, 0.1) is 0 Å². The molecule has 0 spiro atoms. The molecular weight excluding hydrogens is 330 g/mol. The van der Waals surface area contributed by atoms with Crippen LogP contribution in [0.5, 0.6) is 0 Å². The fourth-order valence-corrected chi connectivity index (χ4v) is 3.32. The Morgan fingerprint density at radius 2 is 2.04 bits per heavy atom. The second kappa shape index (κ2) is 7.76. The van der Waals surface area contributed by atoms with Gasteiger partial charge in [-0.2, -0.15) is 0 Å². The molecule has 0 bridgehead atoms. The van der Waals surface area contributed by atoms with Crippen LogP contribution < -0.4 is 10.0 Å². The first-order valence-electron chi connectivity index (χ1n) is 7.89. The van der Waals surface area contributed by atoms with Crippen LogP contribution in [0.25, 0.3) is 0 Å². The monoisotopic (exact) mass is 353 g/mol. The van der Waals surface area contributed by atoms with Crippen LogP contribution in [0.1, 0.15) is 36.5 Å². The lowest BCUT2D eigenvalue weighted by Gasteiger charge is -2.36. The number of piperidine rings is 1. The molecule has 1 aromatic rings. The maximum Gasteiger partial charge on any atom is 0.254 e. The third kappa shape index (κ3) is 5.31. The van der Waals surface area contributed by atoms with E-state index in [9.17, 15) is 18.0 Å². The van der Waals surface area contributed by atoms with E-state index in [1.807, 2.05) is 0 Å². The topological polar surface area (TPSA) is 95.6 Å². The number of nitrogens with zero attached hydrogens (tertiary/aromatic N) is 1. The maximum atomic E-state index is 12.8. The summed E-state index contributed by atoms with van der Waals surface area (Å²) in [6.07, 6.45) is 3.73. The molecule has 0 aliphatic carbocycles. The normalized spacial score (nSPS) is 18.2.